The standard InChI is InChI=1S/C7H11NO5/c1-7(2,3)13-8-4(5(9)10)6(11)12/h1-3H3,(H,9,10)(H,11,12). The molecule has 0 aromatic carbocycles. The van der Waals surface area contributed by atoms with Crippen LogP contribution in [0.25, 0.3) is 0 Å². The first-order valence-electron chi connectivity index (χ1n) is 3.47. The molecule has 0 saturated heterocycles. The number of carbonyl (C=O) groups is 2. The predicted octanol–water partition coefficient (Wildman–Crippen LogP) is 0.327. The van der Waals surface area contributed by atoms with Crippen molar-refractivity contribution in [2.45, 2.75) is 26.4 Å². The monoisotopic (exact) mass is 189 g/mol. The first-order chi connectivity index (χ1) is 5.74. The van der Waals surface area contributed by atoms with Crippen LogP contribution in [0.2, 0.25) is 0 Å². The van der Waals surface area contributed by atoms with Gasteiger partial charge in [0, 0.05) is 0 Å². The summed E-state index contributed by atoms with van der Waals surface area (Å²) < 4.78 is 0. The fourth-order valence-electron chi connectivity index (χ4n) is 0.352. The molecular weight excluding hydrogens is 178 g/mol. The molecule has 0 bridgehead atoms. The molecular formula is C7H11NO5. The largest absolute Gasteiger partial charge is 0.476 e. The Hall–Kier alpha value is -1.59. The molecule has 0 aliphatic carbocycles. The van der Waals surface area contributed by atoms with Crippen molar-refractivity contribution in [1.29, 1.82) is 0 Å². The number of nitrogens with zero attached hydrogens (tertiary/aromatic N) is 1. The maximum absolute atomic E-state index is 10.3. The van der Waals surface area contributed by atoms with E-state index in [0.29, 0.717) is 0 Å². The predicted molar refractivity (Wildman–Crippen MR) is 43.5 cm³/mol. The van der Waals surface area contributed by atoms with Crippen LogP contribution in [0.15, 0.2) is 5.16 Å². The van der Waals surface area contributed by atoms with Crippen molar-refractivity contribution in [3.05, 3.63) is 0 Å². The van der Waals surface area contributed by atoms with Gasteiger partial charge in [-0.05, 0) is 20.8 Å². The van der Waals surface area contributed by atoms with Crippen LogP contribution in [0.3, 0.4) is 0 Å². The Bertz CT molecular complexity index is 234. The number of carboxylic acids is 2. The first kappa shape index (κ1) is 11.4. The summed E-state index contributed by atoms with van der Waals surface area (Å²) in [6, 6.07) is 0. The molecule has 0 spiro atoms. The lowest BCUT2D eigenvalue weighted by Crippen LogP contribution is -2.26. The lowest BCUT2D eigenvalue weighted by molar-refractivity contribution is -0.135. The van der Waals surface area contributed by atoms with Gasteiger partial charge in [0.2, 0.25) is 0 Å². The zero-order valence-electron chi connectivity index (χ0n) is 7.57. The summed E-state index contributed by atoms with van der Waals surface area (Å²) in [6.45, 7) is 4.87. The minimum atomic E-state index is -1.63. The molecule has 0 amide bonds. The topological polar surface area (TPSA) is 96.2 Å². The lowest BCUT2D eigenvalue weighted by Gasteiger charge is -2.15. The third-order valence-corrected chi connectivity index (χ3v) is 0.816. The number of hydrogen-bond acceptors (Lipinski definition) is 4. The van der Waals surface area contributed by atoms with Crippen molar-refractivity contribution in [2.75, 3.05) is 0 Å². The van der Waals surface area contributed by atoms with Crippen LogP contribution in [-0.4, -0.2) is 33.5 Å². The van der Waals surface area contributed by atoms with E-state index in [1.165, 1.54) is 0 Å². The molecule has 0 aromatic heterocycles. The Kier molecular flexibility index (Phi) is 3.41. The normalized spacial score (nSPS) is 10.4. The number of hydrogen-bond donors (Lipinski definition) is 2. The lowest BCUT2D eigenvalue weighted by atomic mass is 10.2. The summed E-state index contributed by atoms with van der Waals surface area (Å²) in [5, 5.41) is 19.7. The third-order valence-electron chi connectivity index (χ3n) is 0.816. The van der Waals surface area contributed by atoms with Crippen molar-refractivity contribution in [1.82, 2.24) is 0 Å². The molecule has 0 aliphatic heterocycles. The smallest absolute Gasteiger partial charge is 0.365 e. The van der Waals surface area contributed by atoms with Crippen LogP contribution in [0.4, 0.5) is 0 Å². The van der Waals surface area contributed by atoms with Gasteiger partial charge in [0.1, 0.15) is 5.60 Å². The highest BCUT2D eigenvalue weighted by Crippen LogP contribution is 2.06. The summed E-state index contributed by atoms with van der Waals surface area (Å²) in [4.78, 5) is 25.2. The van der Waals surface area contributed by atoms with Gasteiger partial charge in [0.15, 0.2) is 0 Å². The van der Waals surface area contributed by atoms with Crippen LogP contribution < -0.4 is 0 Å². The summed E-state index contributed by atoms with van der Waals surface area (Å²) in [5.41, 5.74) is -1.74. The zero-order chi connectivity index (χ0) is 10.6. The fourth-order valence-corrected chi connectivity index (χ4v) is 0.352. The van der Waals surface area contributed by atoms with Crippen molar-refractivity contribution in [2.24, 2.45) is 5.16 Å². The van der Waals surface area contributed by atoms with Crippen molar-refractivity contribution in [3.63, 3.8) is 0 Å². The zero-order valence-corrected chi connectivity index (χ0v) is 7.57. The molecule has 6 nitrogen and oxygen atoms in total. The van der Waals surface area contributed by atoms with Gasteiger partial charge in [-0.25, -0.2) is 9.59 Å². The van der Waals surface area contributed by atoms with Gasteiger partial charge >= 0.3 is 11.9 Å². The fraction of sp³-hybridized carbons (Fsp3) is 0.571. The summed E-state index contributed by atoms with van der Waals surface area (Å²) >= 11 is 0. The van der Waals surface area contributed by atoms with Crippen molar-refractivity contribution >= 4 is 17.7 Å². The van der Waals surface area contributed by atoms with Crippen LogP contribution in [0.5, 0.6) is 0 Å². The number of aliphatic carboxylic acids is 2. The average molecular weight is 189 g/mol. The second kappa shape index (κ2) is 3.88. The Balaban J connectivity index is 4.57. The van der Waals surface area contributed by atoms with E-state index in [1.54, 1.807) is 20.8 Å². The van der Waals surface area contributed by atoms with Gasteiger partial charge in [-0.1, -0.05) is 5.16 Å². The SMILES string of the molecule is CC(C)(C)ON=C(C(=O)O)C(=O)O. The number of rotatable bonds is 3. The maximum Gasteiger partial charge on any atom is 0.365 e. The molecule has 0 rings (SSSR count). The molecule has 74 valence electrons. The molecule has 6 heteroatoms. The molecule has 13 heavy (non-hydrogen) atoms. The Labute approximate surface area is 74.8 Å². The van der Waals surface area contributed by atoms with E-state index in [1.807, 2.05) is 0 Å². The molecule has 0 unspecified atom stereocenters. The average Bonchev–Trinajstić information content (AvgIpc) is 1.82. The molecule has 0 aliphatic rings. The van der Waals surface area contributed by atoms with E-state index in [0.717, 1.165) is 0 Å². The highest BCUT2D eigenvalue weighted by atomic mass is 16.6. The van der Waals surface area contributed by atoms with Crippen molar-refractivity contribution < 1.29 is 24.6 Å². The van der Waals surface area contributed by atoms with E-state index in [9.17, 15) is 9.59 Å². The maximum atomic E-state index is 10.3. The van der Waals surface area contributed by atoms with Gasteiger partial charge in [0.25, 0.3) is 5.71 Å². The van der Waals surface area contributed by atoms with Crippen LogP contribution >= 0.6 is 0 Å². The quantitative estimate of drug-likeness (QED) is 0.378. The Morgan fingerprint density at radius 1 is 1.15 bits per heavy atom. The van der Waals surface area contributed by atoms with Crippen LogP contribution in [-0.2, 0) is 14.4 Å². The minimum Gasteiger partial charge on any atom is -0.476 e. The summed E-state index contributed by atoms with van der Waals surface area (Å²) in [6.07, 6.45) is 0. The molecule has 0 fully saturated rings. The second-order valence-corrected chi connectivity index (χ2v) is 3.25. The third kappa shape index (κ3) is 4.78. The van der Waals surface area contributed by atoms with E-state index >= 15 is 0 Å². The van der Waals surface area contributed by atoms with Gasteiger partial charge in [-0.15, -0.1) is 0 Å². The molecule has 0 radical (unpaired) electrons. The van der Waals surface area contributed by atoms with E-state index in [4.69, 9.17) is 10.2 Å². The summed E-state index contributed by atoms with van der Waals surface area (Å²) in [7, 11) is 0. The highest BCUT2D eigenvalue weighted by Gasteiger charge is 2.21. The summed E-state index contributed by atoms with van der Waals surface area (Å²) in [5.74, 6) is -3.26. The van der Waals surface area contributed by atoms with E-state index < -0.39 is 23.3 Å². The van der Waals surface area contributed by atoms with Crippen LogP contribution in [0.1, 0.15) is 20.8 Å². The second-order valence-electron chi connectivity index (χ2n) is 3.25. The van der Waals surface area contributed by atoms with Gasteiger partial charge in [-0.3, -0.25) is 0 Å². The van der Waals surface area contributed by atoms with Gasteiger partial charge < -0.3 is 15.1 Å². The minimum absolute atomic E-state index is 0.712. The van der Waals surface area contributed by atoms with E-state index in [-0.39, 0.29) is 0 Å². The number of carboxylic acid groups (broad SMARTS) is 2. The van der Waals surface area contributed by atoms with E-state index in [2.05, 4.69) is 9.99 Å². The first-order valence-corrected chi connectivity index (χ1v) is 3.47. The molecule has 0 saturated carbocycles. The molecule has 0 heterocycles. The van der Waals surface area contributed by atoms with Crippen LogP contribution in [0, 0.1) is 0 Å². The number of oxime groups is 1. The Morgan fingerprint density at radius 3 is 1.77 bits per heavy atom. The van der Waals surface area contributed by atoms with Crippen molar-refractivity contribution in [3.8, 4) is 0 Å². The molecule has 0 aromatic rings. The van der Waals surface area contributed by atoms with Gasteiger partial charge in [0.05, 0.1) is 0 Å². The molecule has 0 atom stereocenters. The highest BCUT2D eigenvalue weighted by molar-refractivity contribution is 6.61. The van der Waals surface area contributed by atoms with Gasteiger partial charge in [-0.2, -0.15) is 0 Å². The Morgan fingerprint density at radius 2 is 1.54 bits per heavy atom. The molecule has 2 N–H and O–H groups in total.